The van der Waals surface area contributed by atoms with Gasteiger partial charge in [0.1, 0.15) is 5.75 Å². The molecule has 0 aliphatic carbocycles. The van der Waals surface area contributed by atoms with Gasteiger partial charge in [0, 0.05) is 0 Å². The second kappa shape index (κ2) is 6.83. The fourth-order valence-corrected chi connectivity index (χ4v) is 3.13. The molecule has 0 radical (unpaired) electrons. The van der Waals surface area contributed by atoms with Crippen molar-refractivity contribution in [2.75, 3.05) is 4.72 Å². The molecule has 2 rings (SSSR count). The number of aryl methyl sites for hydroxylation is 1. The van der Waals surface area contributed by atoms with Crippen molar-refractivity contribution < 1.29 is 13.5 Å². The van der Waals surface area contributed by atoms with Gasteiger partial charge < -0.3 is 5.11 Å². The Hall–Kier alpha value is -2.01. The van der Waals surface area contributed by atoms with E-state index in [9.17, 15) is 13.5 Å². The van der Waals surface area contributed by atoms with E-state index < -0.39 is 10.0 Å². The fourth-order valence-electron chi connectivity index (χ4n) is 2.05. The quantitative estimate of drug-likeness (QED) is 0.796. The summed E-state index contributed by atoms with van der Waals surface area (Å²) in [7, 11) is -3.69. The van der Waals surface area contributed by atoms with E-state index in [2.05, 4.69) is 18.6 Å². The molecular formula is C17H21NO3S. The van der Waals surface area contributed by atoms with Crippen LogP contribution in [0.2, 0.25) is 0 Å². The lowest BCUT2D eigenvalue weighted by atomic mass is 10.0. The average Bonchev–Trinajstić information content (AvgIpc) is 2.48. The van der Waals surface area contributed by atoms with Crippen molar-refractivity contribution in [2.45, 2.75) is 31.6 Å². The van der Waals surface area contributed by atoms with Crippen molar-refractivity contribution in [1.29, 1.82) is 0 Å². The van der Waals surface area contributed by atoms with Gasteiger partial charge in [0.05, 0.1) is 10.6 Å². The highest BCUT2D eigenvalue weighted by atomic mass is 32.2. The van der Waals surface area contributed by atoms with E-state index in [1.165, 1.54) is 12.1 Å². The Morgan fingerprint density at radius 1 is 1.05 bits per heavy atom. The van der Waals surface area contributed by atoms with Gasteiger partial charge in [-0.25, -0.2) is 8.42 Å². The van der Waals surface area contributed by atoms with Gasteiger partial charge in [-0.05, 0) is 48.6 Å². The monoisotopic (exact) mass is 319 g/mol. The van der Waals surface area contributed by atoms with Crippen molar-refractivity contribution in [2.24, 2.45) is 5.92 Å². The van der Waals surface area contributed by atoms with Crippen molar-refractivity contribution in [3.8, 4) is 5.75 Å². The van der Waals surface area contributed by atoms with Crippen LogP contribution in [0.25, 0.3) is 0 Å². The topological polar surface area (TPSA) is 66.4 Å². The van der Waals surface area contributed by atoms with E-state index >= 15 is 0 Å². The first-order chi connectivity index (χ1) is 10.4. The number of phenolic OH excluding ortho intramolecular Hbond substituents is 1. The van der Waals surface area contributed by atoms with Crippen LogP contribution in [0.15, 0.2) is 53.4 Å². The molecule has 0 heterocycles. The Balaban J connectivity index is 2.14. The van der Waals surface area contributed by atoms with Crippen LogP contribution in [0.1, 0.15) is 25.8 Å². The number of nitrogens with one attached hydrogen (secondary N) is 1. The molecular weight excluding hydrogens is 298 g/mol. The number of aromatic hydroxyl groups is 1. The molecule has 118 valence electrons. The van der Waals surface area contributed by atoms with Crippen LogP contribution >= 0.6 is 0 Å². The summed E-state index contributed by atoms with van der Waals surface area (Å²) in [5, 5.41) is 9.66. The first-order valence-corrected chi connectivity index (χ1v) is 8.76. The van der Waals surface area contributed by atoms with E-state index in [4.69, 9.17) is 0 Å². The lowest BCUT2D eigenvalue weighted by Gasteiger charge is -2.10. The van der Waals surface area contributed by atoms with Crippen LogP contribution < -0.4 is 4.72 Å². The molecule has 0 spiro atoms. The summed E-state index contributed by atoms with van der Waals surface area (Å²) >= 11 is 0. The van der Waals surface area contributed by atoms with E-state index in [-0.39, 0.29) is 16.3 Å². The second-order valence-electron chi connectivity index (χ2n) is 5.70. The van der Waals surface area contributed by atoms with E-state index in [0.29, 0.717) is 5.92 Å². The summed E-state index contributed by atoms with van der Waals surface area (Å²) < 4.78 is 27.0. The van der Waals surface area contributed by atoms with E-state index in [0.717, 1.165) is 18.4 Å². The molecule has 2 aromatic carbocycles. The number of para-hydroxylation sites is 2. The summed E-state index contributed by atoms with van der Waals surface area (Å²) in [5.41, 5.74) is 1.29. The van der Waals surface area contributed by atoms with Gasteiger partial charge >= 0.3 is 0 Å². The van der Waals surface area contributed by atoms with Crippen LogP contribution in [0.3, 0.4) is 0 Å². The summed E-state index contributed by atoms with van der Waals surface area (Å²) in [6.45, 7) is 4.32. The molecule has 0 aliphatic rings. The van der Waals surface area contributed by atoms with Crippen molar-refractivity contribution >= 4 is 15.7 Å². The minimum absolute atomic E-state index is 0.0976. The molecule has 2 aromatic rings. The Labute approximate surface area is 131 Å². The number of hydrogen-bond donors (Lipinski definition) is 2. The molecule has 5 heteroatoms. The average molecular weight is 319 g/mol. The molecule has 0 atom stereocenters. The van der Waals surface area contributed by atoms with Crippen molar-refractivity contribution in [3.05, 3.63) is 54.1 Å². The smallest absolute Gasteiger partial charge is 0.262 e. The second-order valence-corrected chi connectivity index (χ2v) is 7.38. The maximum Gasteiger partial charge on any atom is 0.262 e. The van der Waals surface area contributed by atoms with Gasteiger partial charge in [0.25, 0.3) is 10.0 Å². The Morgan fingerprint density at radius 3 is 2.27 bits per heavy atom. The van der Waals surface area contributed by atoms with Crippen LogP contribution in [0, 0.1) is 5.92 Å². The molecule has 2 N–H and O–H groups in total. The molecule has 4 nitrogen and oxygen atoms in total. The number of benzene rings is 2. The van der Waals surface area contributed by atoms with Gasteiger partial charge in [-0.2, -0.15) is 0 Å². The first-order valence-electron chi connectivity index (χ1n) is 7.28. The molecule has 0 aliphatic heterocycles. The minimum atomic E-state index is -3.69. The highest BCUT2D eigenvalue weighted by Crippen LogP contribution is 2.25. The van der Waals surface area contributed by atoms with Crippen LogP contribution in [0.4, 0.5) is 5.69 Å². The zero-order chi connectivity index (χ0) is 16.2. The fraction of sp³-hybridized carbons (Fsp3) is 0.294. The SMILES string of the molecule is CC(C)CCc1ccc(S(=O)(=O)Nc2ccccc2O)cc1. The molecule has 0 aromatic heterocycles. The molecule has 22 heavy (non-hydrogen) atoms. The maximum absolute atomic E-state index is 12.3. The molecule has 0 saturated heterocycles. The maximum atomic E-state index is 12.3. The zero-order valence-electron chi connectivity index (χ0n) is 12.8. The number of hydrogen-bond acceptors (Lipinski definition) is 3. The zero-order valence-corrected chi connectivity index (χ0v) is 13.6. The highest BCUT2D eigenvalue weighted by molar-refractivity contribution is 7.92. The summed E-state index contributed by atoms with van der Waals surface area (Å²) in [5.74, 6) is 0.519. The Bertz CT molecular complexity index is 722. The number of phenols is 1. The van der Waals surface area contributed by atoms with Crippen molar-refractivity contribution in [3.63, 3.8) is 0 Å². The number of anilines is 1. The molecule has 0 saturated carbocycles. The third-order valence-electron chi connectivity index (χ3n) is 3.39. The molecule has 0 bridgehead atoms. The number of sulfonamides is 1. The Kier molecular flexibility index (Phi) is 5.08. The predicted molar refractivity (Wildman–Crippen MR) is 88.5 cm³/mol. The predicted octanol–water partition coefficient (Wildman–Crippen LogP) is 3.78. The standard InChI is InChI=1S/C17H21NO3S/c1-13(2)7-8-14-9-11-15(12-10-14)22(20,21)18-16-5-3-4-6-17(16)19/h3-6,9-13,18-19H,7-8H2,1-2H3. The van der Waals surface area contributed by atoms with E-state index in [1.807, 2.05) is 12.1 Å². The largest absolute Gasteiger partial charge is 0.506 e. The van der Waals surface area contributed by atoms with Gasteiger partial charge in [-0.1, -0.05) is 38.1 Å². The van der Waals surface area contributed by atoms with Crippen LogP contribution in [-0.2, 0) is 16.4 Å². The third kappa shape index (κ3) is 4.24. The normalized spacial score (nSPS) is 11.6. The molecule has 0 fully saturated rings. The number of rotatable bonds is 6. The molecule has 0 amide bonds. The van der Waals surface area contributed by atoms with Gasteiger partial charge in [-0.15, -0.1) is 0 Å². The van der Waals surface area contributed by atoms with Gasteiger partial charge in [0.15, 0.2) is 0 Å². The van der Waals surface area contributed by atoms with Crippen LogP contribution in [-0.4, -0.2) is 13.5 Å². The summed E-state index contributed by atoms with van der Waals surface area (Å²) in [4.78, 5) is 0.184. The van der Waals surface area contributed by atoms with Gasteiger partial charge in [-0.3, -0.25) is 4.72 Å². The van der Waals surface area contributed by atoms with Crippen molar-refractivity contribution in [1.82, 2.24) is 0 Å². The summed E-state index contributed by atoms with van der Waals surface area (Å²) in [6.07, 6.45) is 2.01. The first kappa shape index (κ1) is 16.4. The lowest BCUT2D eigenvalue weighted by molar-refractivity contribution is 0.477. The highest BCUT2D eigenvalue weighted by Gasteiger charge is 2.15. The lowest BCUT2D eigenvalue weighted by Crippen LogP contribution is -2.13. The van der Waals surface area contributed by atoms with E-state index in [1.54, 1.807) is 24.3 Å². The minimum Gasteiger partial charge on any atom is -0.506 e. The van der Waals surface area contributed by atoms with Crippen LogP contribution in [0.5, 0.6) is 5.75 Å². The molecule has 0 unspecified atom stereocenters. The Morgan fingerprint density at radius 2 is 1.68 bits per heavy atom. The third-order valence-corrected chi connectivity index (χ3v) is 4.77. The van der Waals surface area contributed by atoms with Gasteiger partial charge in [0.2, 0.25) is 0 Å². The summed E-state index contributed by atoms with van der Waals surface area (Å²) in [6, 6.07) is 13.1.